The van der Waals surface area contributed by atoms with Gasteiger partial charge >= 0.3 is 0 Å². The van der Waals surface area contributed by atoms with E-state index in [4.69, 9.17) is 4.42 Å². The van der Waals surface area contributed by atoms with Gasteiger partial charge in [0.2, 0.25) is 5.91 Å². The van der Waals surface area contributed by atoms with Crippen LogP contribution in [0, 0.1) is 6.92 Å². The summed E-state index contributed by atoms with van der Waals surface area (Å²) in [5, 5.41) is 12.8. The van der Waals surface area contributed by atoms with Gasteiger partial charge in [-0.05, 0) is 25.1 Å². The van der Waals surface area contributed by atoms with Crippen LogP contribution in [-0.2, 0) is 10.5 Å². The number of carbonyl (C=O) groups is 2. The number of carbonyl (C=O) groups excluding carboxylic acids is 2. The van der Waals surface area contributed by atoms with Crippen molar-refractivity contribution in [1.82, 2.24) is 10.2 Å². The highest BCUT2D eigenvalue weighted by molar-refractivity contribution is 8.00. The zero-order chi connectivity index (χ0) is 20.7. The maximum atomic E-state index is 13.5. The van der Waals surface area contributed by atoms with Crippen molar-refractivity contribution in [3.63, 3.8) is 0 Å². The Bertz CT molecular complexity index is 1280. The molecule has 0 bridgehead atoms. The lowest BCUT2D eigenvalue weighted by Gasteiger charge is -2.28. The molecule has 9 heteroatoms. The Balaban J connectivity index is 1.55. The molecule has 0 spiro atoms. The van der Waals surface area contributed by atoms with E-state index >= 15 is 0 Å². The fourth-order valence-electron chi connectivity index (χ4n) is 3.42. The summed E-state index contributed by atoms with van der Waals surface area (Å²) in [6.45, 7) is 1.85. The van der Waals surface area contributed by atoms with Crippen LogP contribution in [0.4, 0.5) is 11.4 Å². The normalized spacial score (nSPS) is 13.4. The van der Waals surface area contributed by atoms with Crippen molar-refractivity contribution >= 4 is 57.3 Å². The number of amides is 2. The first-order chi connectivity index (χ1) is 14.6. The molecule has 4 aromatic rings. The van der Waals surface area contributed by atoms with Crippen molar-refractivity contribution in [3.8, 4) is 0 Å². The molecule has 0 atom stereocenters. The van der Waals surface area contributed by atoms with Crippen LogP contribution in [-0.4, -0.2) is 28.6 Å². The Morgan fingerprint density at radius 3 is 2.83 bits per heavy atom. The number of nitrogens with one attached hydrogen (secondary N) is 1. The van der Waals surface area contributed by atoms with Crippen molar-refractivity contribution in [2.24, 2.45) is 0 Å². The zero-order valence-corrected chi connectivity index (χ0v) is 17.5. The van der Waals surface area contributed by atoms with E-state index < -0.39 is 0 Å². The van der Waals surface area contributed by atoms with Gasteiger partial charge < -0.3 is 9.73 Å². The molecule has 0 fully saturated rings. The summed E-state index contributed by atoms with van der Waals surface area (Å²) in [7, 11) is 0. The van der Waals surface area contributed by atoms with Crippen LogP contribution >= 0.6 is 23.1 Å². The third kappa shape index (κ3) is 3.35. The summed E-state index contributed by atoms with van der Waals surface area (Å²) < 4.78 is 6.82. The van der Waals surface area contributed by atoms with E-state index in [0.29, 0.717) is 22.7 Å². The Labute approximate surface area is 180 Å². The van der Waals surface area contributed by atoms with Crippen LogP contribution in [0.2, 0.25) is 0 Å². The number of fused-ring (bicyclic) bond motifs is 2. The zero-order valence-electron chi connectivity index (χ0n) is 15.9. The maximum Gasteiger partial charge on any atom is 0.294 e. The number of anilines is 2. The topological polar surface area (TPSA) is 88.3 Å². The van der Waals surface area contributed by atoms with Crippen molar-refractivity contribution in [2.75, 3.05) is 16.8 Å². The quantitative estimate of drug-likeness (QED) is 0.475. The summed E-state index contributed by atoms with van der Waals surface area (Å²) in [6.07, 6.45) is 0. The van der Waals surface area contributed by atoms with Gasteiger partial charge in [0.05, 0.1) is 11.4 Å². The van der Waals surface area contributed by atoms with Crippen LogP contribution in [0.5, 0.6) is 0 Å². The van der Waals surface area contributed by atoms with Crippen molar-refractivity contribution in [1.29, 1.82) is 0 Å². The molecule has 30 heavy (non-hydrogen) atoms. The monoisotopic (exact) mass is 436 g/mol. The molecule has 2 aromatic heterocycles. The molecule has 3 heterocycles. The number of nitrogens with zero attached hydrogens (tertiary/aromatic N) is 3. The third-order valence-corrected chi connectivity index (χ3v) is 6.75. The van der Waals surface area contributed by atoms with Gasteiger partial charge in [-0.25, -0.2) is 0 Å². The van der Waals surface area contributed by atoms with Gasteiger partial charge in [-0.1, -0.05) is 53.4 Å². The fraction of sp³-hybridized carbons (Fsp3) is 0.143. The summed E-state index contributed by atoms with van der Waals surface area (Å²) in [5.41, 5.74) is 2.69. The number of hydrogen-bond donors (Lipinski definition) is 1. The highest BCUT2D eigenvalue weighted by Gasteiger charge is 2.31. The molecule has 0 radical (unpaired) electrons. The van der Waals surface area contributed by atoms with E-state index in [2.05, 4.69) is 15.5 Å². The number of aromatic nitrogens is 2. The first-order valence-corrected chi connectivity index (χ1v) is 11.0. The van der Waals surface area contributed by atoms with Gasteiger partial charge in [-0.2, -0.15) is 0 Å². The molecule has 7 nitrogen and oxygen atoms in total. The Kier molecular flexibility index (Phi) is 4.76. The molecule has 0 aliphatic carbocycles. The average Bonchev–Trinajstić information content (AvgIpc) is 3.34. The lowest BCUT2D eigenvalue weighted by molar-refractivity contribution is -0.115. The molecule has 1 N–H and O–H groups in total. The lowest BCUT2D eigenvalue weighted by atomic mass is 10.1. The smallest absolute Gasteiger partial charge is 0.294 e. The van der Waals surface area contributed by atoms with Crippen molar-refractivity contribution in [3.05, 3.63) is 64.9 Å². The molecule has 0 unspecified atom stereocenters. The van der Waals surface area contributed by atoms with E-state index in [-0.39, 0.29) is 24.1 Å². The molecule has 0 saturated carbocycles. The lowest BCUT2D eigenvalue weighted by Crippen LogP contribution is -2.42. The summed E-state index contributed by atoms with van der Waals surface area (Å²) >= 11 is 3.02. The van der Waals surface area contributed by atoms with E-state index in [1.54, 1.807) is 6.07 Å². The minimum Gasteiger partial charge on any atom is -0.451 e. The van der Waals surface area contributed by atoms with E-state index in [1.807, 2.05) is 49.4 Å². The summed E-state index contributed by atoms with van der Waals surface area (Å²) in [4.78, 5) is 27.2. The Morgan fingerprint density at radius 1 is 1.20 bits per heavy atom. The highest BCUT2D eigenvalue weighted by atomic mass is 32.2. The number of thioether (sulfide) groups is 1. The number of aryl methyl sites for hydroxylation is 1. The van der Waals surface area contributed by atoms with Gasteiger partial charge in [0.25, 0.3) is 5.91 Å². The van der Waals surface area contributed by atoms with E-state index in [0.717, 1.165) is 20.3 Å². The highest BCUT2D eigenvalue weighted by Crippen LogP contribution is 2.36. The molecule has 150 valence electrons. The summed E-state index contributed by atoms with van der Waals surface area (Å²) in [6, 6.07) is 14.8. The largest absolute Gasteiger partial charge is 0.451 e. The Morgan fingerprint density at radius 2 is 2.00 bits per heavy atom. The van der Waals surface area contributed by atoms with Gasteiger partial charge in [0.15, 0.2) is 10.1 Å². The second kappa shape index (κ2) is 7.58. The number of rotatable bonds is 4. The number of para-hydroxylation sites is 3. The molecule has 2 amide bonds. The molecule has 1 aliphatic rings. The SMILES string of the molecule is Cc1nnc(SCc2c(C(=O)N3CC(=O)Nc4ccccc43)oc3ccccc23)s1. The average molecular weight is 437 g/mol. The van der Waals surface area contributed by atoms with Crippen LogP contribution in [0.1, 0.15) is 21.1 Å². The first kappa shape index (κ1) is 18.8. The van der Waals surface area contributed by atoms with Crippen molar-refractivity contribution in [2.45, 2.75) is 17.0 Å². The van der Waals surface area contributed by atoms with Gasteiger partial charge in [0, 0.05) is 16.7 Å². The second-order valence-electron chi connectivity index (χ2n) is 6.74. The molecule has 1 aliphatic heterocycles. The number of hydrogen-bond acceptors (Lipinski definition) is 7. The molecule has 5 rings (SSSR count). The van der Waals surface area contributed by atoms with Crippen molar-refractivity contribution < 1.29 is 14.0 Å². The van der Waals surface area contributed by atoms with Gasteiger partial charge in [0.1, 0.15) is 17.1 Å². The number of benzene rings is 2. The number of furan rings is 1. The molecular formula is C21H16N4O3S2. The Hall–Kier alpha value is -3.17. The minimum absolute atomic E-state index is 0.0604. The summed E-state index contributed by atoms with van der Waals surface area (Å²) in [5.74, 6) is 0.180. The predicted octanol–water partition coefficient (Wildman–Crippen LogP) is 4.48. The maximum absolute atomic E-state index is 13.5. The second-order valence-corrected chi connectivity index (χ2v) is 9.14. The third-order valence-electron chi connectivity index (χ3n) is 4.76. The van der Waals surface area contributed by atoms with Crippen LogP contribution in [0.25, 0.3) is 11.0 Å². The van der Waals surface area contributed by atoms with Crippen LogP contribution < -0.4 is 10.2 Å². The molecular weight excluding hydrogens is 420 g/mol. The van der Waals surface area contributed by atoms with Gasteiger partial charge in [-0.15, -0.1) is 10.2 Å². The van der Waals surface area contributed by atoms with Gasteiger partial charge in [-0.3, -0.25) is 14.5 Å². The van der Waals surface area contributed by atoms with Crippen LogP contribution in [0.15, 0.2) is 57.3 Å². The predicted molar refractivity (Wildman–Crippen MR) is 117 cm³/mol. The molecule has 0 saturated heterocycles. The van der Waals surface area contributed by atoms with E-state index in [1.165, 1.54) is 28.0 Å². The van der Waals surface area contributed by atoms with Crippen LogP contribution in [0.3, 0.4) is 0 Å². The van der Waals surface area contributed by atoms with E-state index in [9.17, 15) is 9.59 Å². The minimum atomic E-state index is -0.336. The fourth-order valence-corrected chi connectivity index (χ4v) is 5.27. The standard InChI is InChI=1S/C21H16N4O3S2/c1-12-23-24-21(30-12)29-11-14-13-6-2-5-9-17(13)28-19(14)20(27)25-10-18(26)22-15-7-3-4-8-16(15)25/h2-9H,10-11H2,1H3,(H,22,26). The first-order valence-electron chi connectivity index (χ1n) is 9.24. The molecule has 2 aromatic carbocycles.